The summed E-state index contributed by atoms with van der Waals surface area (Å²) >= 11 is 1.44. The number of nitrogens with one attached hydrogen (secondary N) is 1. The van der Waals surface area contributed by atoms with Gasteiger partial charge in [0.15, 0.2) is 5.78 Å². The topological polar surface area (TPSA) is 81.1 Å². The lowest BCUT2D eigenvalue weighted by Crippen LogP contribution is -2.17. The molecule has 0 bridgehead atoms. The van der Waals surface area contributed by atoms with Crippen molar-refractivity contribution in [2.75, 3.05) is 5.32 Å². The molecule has 0 saturated heterocycles. The monoisotopic (exact) mass is 409 g/mol. The van der Waals surface area contributed by atoms with Crippen LogP contribution in [-0.4, -0.2) is 27.3 Å². The summed E-state index contributed by atoms with van der Waals surface area (Å²) in [6.07, 6.45) is 2.18. The summed E-state index contributed by atoms with van der Waals surface area (Å²) in [5, 5.41) is 7.04. The van der Waals surface area contributed by atoms with Gasteiger partial charge in [-0.15, -0.1) is 11.3 Å². The third-order valence-corrected chi connectivity index (χ3v) is 5.48. The Labute approximate surface area is 173 Å². The van der Waals surface area contributed by atoms with Gasteiger partial charge in [-0.25, -0.2) is 4.68 Å². The molecule has 0 spiro atoms. The summed E-state index contributed by atoms with van der Waals surface area (Å²) in [4.78, 5) is 38.1. The summed E-state index contributed by atoms with van der Waals surface area (Å²) in [7, 11) is 0. The fourth-order valence-corrected chi connectivity index (χ4v) is 3.70. The van der Waals surface area contributed by atoms with Crippen LogP contribution in [0.5, 0.6) is 0 Å². The zero-order valence-corrected chi connectivity index (χ0v) is 17.1. The van der Waals surface area contributed by atoms with Gasteiger partial charge >= 0.3 is 0 Å². The molecule has 0 radical (unpaired) electrons. The van der Waals surface area contributed by atoms with Crippen molar-refractivity contribution in [2.45, 2.75) is 39.2 Å². The molecule has 2 aromatic heterocycles. The van der Waals surface area contributed by atoms with Crippen LogP contribution in [0.1, 0.15) is 45.8 Å². The molecule has 1 amide bonds. The van der Waals surface area contributed by atoms with E-state index in [1.807, 2.05) is 43.3 Å². The highest BCUT2D eigenvalue weighted by atomic mass is 32.1. The number of aromatic nitrogens is 2. The standard InChI is InChI=1S/C22H23N3O3S/c1-16-7-11-20(29-16)19(27)10-8-18(26)9-12-22(28)24-21-13-14-23-25(21)15-17-5-3-2-4-6-17/h2-7,11,13-14H,8-10,12,15H2,1H3,(H,24,28). The van der Waals surface area contributed by atoms with Crippen molar-refractivity contribution < 1.29 is 14.4 Å². The van der Waals surface area contributed by atoms with Gasteiger partial charge in [0.1, 0.15) is 11.6 Å². The second-order valence-electron chi connectivity index (χ2n) is 6.78. The largest absolute Gasteiger partial charge is 0.311 e. The number of benzene rings is 1. The van der Waals surface area contributed by atoms with Gasteiger partial charge in [0.25, 0.3) is 0 Å². The molecule has 7 heteroatoms. The van der Waals surface area contributed by atoms with E-state index in [1.54, 1.807) is 23.0 Å². The molecule has 150 valence electrons. The zero-order valence-electron chi connectivity index (χ0n) is 16.3. The van der Waals surface area contributed by atoms with Gasteiger partial charge in [0.05, 0.1) is 17.6 Å². The molecule has 0 unspecified atom stereocenters. The van der Waals surface area contributed by atoms with Crippen molar-refractivity contribution in [3.05, 3.63) is 70.0 Å². The number of hydrogen-bond donors (Lipinski definition) is 1. The predicted molar refractivity (Wildman–Crippen MR) is 113 cm³/mol. The van der Waals surface area contributed by atoms with Crippen molar-refractivity contribution in [2.24, 2.45) is 0 Å². The lowest BCUT2D eigenvalue weighted by Gasteiger charge is -2.09. The van der Waals surface area contributed by atoms with Crippen molar-refractivity contribution in [1.29, 1.82) is 0 Å². The molecule has 0 saturated carbocycles. The molecule has 29 heavy (non-hydrogen) atoms. The van der Waals surface area contributed by atoms with Crippen molar-refractivity contribution >= 4 is 34.6 Å². The number of nitrogens with zero attached hydrogens (tertiary/aromatic N) is 2. The molecule has 3 aromatic rings. The van der Waals surface area contributed by atoms with Crippen LogP contribution < -0.4 is 5.32 Å². The van der Waals surface area contributed by atoms with Crippen LogP contribution in [-0.2, 0) is 16.1 Å². The van der Waals surface area contributed by atoms with Gasteiger partial charge in [0.2, 0.25) is 5.91 Å². The minimum absolute atomic E-state index is 0.0225. The number of aryl methyl sites for hydroxylation is 1. The van der Waals surface area contributed by atoms with Crippen LogP contribution in [0.15, 0.2) is 54.7 Å². The van der Waals surface area contributed by atoms with E-state index in [0.717, 1.165) is 10.4 Å². The van der Waals surface area contributed by atoms with Crippen LogP contribution in [0.4, 0.5) is 5.82 Å². The number of thiophene rings is 1. The molecule has 0 aliphatic carbocycles. The normalized spacial score (nSPS) is 10.7. The lowest BCUT2D eigenvalue weighted by molar-refractivity contribution is -0.122. The minimum Gasteiger partial charge on any atom is -0.311 e. The van der Waals surface area contributed by atoms with E-state index in [0.29, 0.717) is 17.2 Å². The van der Waals surface area contributed by atoms with Gasteiger partial charge < -0.3 is 5.32 Å². The smallest absolute Gasteiger partial charge is 0.225 e. The highest BCUT2D eigenvalue weighted by Crippen LogP contribution is 2.18. The Morgan fingerprint density at radius 2 is 1.72 bits per heavy atom. The number of carbonyl (C=O) groups excluding carboxylic acids is 3. The molecule has 6 nitrogen and oxygen atoms in total. The maximum Gasteiger partial charge on any atom is 0.225 e. The van der Waals surface area contributed by atoms with Crippen molar-refractivity contribution in [1.82, 2.24) is 9.78 Å². The number of amides is 1. The van der Waals surface area contributed by atoms with E-state index in [1.165, 1.54) is 11.3 Å². The highest BCUT2D eigenvalue weighted by Gasteiger charge is 2.13. The summed E-state index contributed by atoms with van der Waals surface area (Å²) in [6, 6.07) is 15.2. The van der Waals surface area contributed by atoms with Gasteiger partial charge in [-0.1, -0.05) is 30.3 Å². The zero-order chi connectivity index (χ0) is 20.6. The molecule has 0 atom stereocenters. The van der Waals surface area contributed by atoms with E-state index in [2.05, 4.69) is 10.4 Å². The average Bonchev–Trinajstić information content (AvgIpc) is 3.34. The first kappa shape index (κ1) is 20.7. The van der Waals surface area contributed by atoms with Crippen LogP contribution >= 0.6 is 11.3 Å². The van der Waals surface area contributed by atoms with Crippen LogP contribution in [0, 0.1) is 6.92 Å². The maximum atomic E-state index is 12.2. The second-order valence-corrected chi connectivity index (χ2v) is 8.07. The van der Waals surface area contributed by atoms with Gasteiger partial charge in [-0.2, -0.15) is 5.10 Å². The first-order chi connectivity index (χ1) is 14.0. The molecule has 3 rings (SSSR count). The van der Waals surface area contributed by atoms with E-state index in [4.69, 9.17) is 0 Å². The van der Waals surface area contributed by atoms with Crippen molar-refractivity contribution in [3.8, 4) is 0 Å². The summed E-state index contributed by atoms with van der Waals surface area (Å²) in [6.45, 7) is 2.49. The third kappa shape index (κ3) is 6.22. The third-order valence-electron chi connectivity index (χ3n) is 4.44. The summed E-state index contributed by atoms with van der Waals surface area (Å²) in [5.74, 6) is 0.244. The average molecular weight is 410 g/mol. The van der Waals surface area contributed by atoms with E-state index >= 15 is 0 Å². The lowest BCUT2D eigenvalue weighted by atomic mass is 10.1. The van der Waals surface area contributed by atoms with Gasteiger partial charge in [0, 0.05) is 36.6 Å². The number of ketones is 2. The Morgan fingerprint density at radius 1 is 0.966 bits per heavy atom. The number of carbonyl (C=O) groups is 3. The fraction of sp³-hybridized carbons (Fsp3) is 0.273. The van der Waals surface area contributed by atoms with Crippen LogP contribution in [0.2, 0.25) is 0 Å². The van der Waals surface area contributed by atoms with Crippen LogP contribution in [0.3, 0.4) is 0 Å². The van der Waals surface area contributed by atoms with Gasteiger partial charge in [-0.05, 0) is 24.6 Å². The van der Waals surface area contributed by atoms with E-state index < -0.39 is 0 Å². The summed E-state index contributed by atoms with van der Waals surface area (Å²) < 4.78 is 1.71. The first-order valence-electron chi connectivity index (χ1n) is 9.48. The molecule has 0 fully saturated rings. The van der Waals surface area contributed by atoms with E-state index in [9.17, 15) is 14.4 Å². The molecule has 2 heterocycles. The molecule has 1 aromatic carbocycles. The fourth-order valence-electron chi connectivity index (χ4n) is 2.87. The van der Waals surface area contributed by atoms with Gasteiger partial charge in [-0.3, -0.25) is 14.4 Å². The Balaban J connectivity index is 1.42. The Morgan fingerprint density at radius 3 is 2.45 bits per heavy atom. The Kier molecular flexibility index (Phi) is 7.08. The quantitative estimate of drug-likeness (QED) is 0.508. The summed E-state index contributed by atoms with van der Waals surface area (Å²) in [5.41, 5.74) is 1.08. The number of rotatable bonds is 10. The SMILES string of the molecule is Cc1ccc(C(=O)CCC(=O)CCC(=O)Nc2ccnn2Cc2ccccc2)s1. The Hall–Kier alpha value is -3.06. The number of hydrogen-bond acceptors (Lipinski definition) is 5. The Bertz CT molecular complexity index is 992. The van der Waals surface area contributed by atoms with E-state index in [-0.39, 0.29) is 43.2 Å². The minimum atomic E-state index is -0.242. The highest BCUT2D eigenvalue weighted by molar-refractivity contribution is 7.14. The molecule has 1 N–H and O–H groups in total. The molecule has 0 aliphatic rings. The molecular formula is C22H23N3O3S. The second kappa shape index (κ2) is 9.93. The first-order valence-corrected chi connectivity index (χ1v) is 10.3. The predicted octanol–water partition coefficient (Wildman–Crippen LogP) is 4.25. The van der Waals surface area contributed by atoms with Crippen molar-refractivity contribution in [3.63, 3.8) is 0 Å². The number of anilines is 1. The number of Topliss-reactive ketones (excluding diaryl/α,β-unsaturated/α-hetero) is 2. The maximum absolute atomic E-state index is 12.2. The molecule has 0 aliphatic heterocycles. The molecular weight excluding hydrogens is 386 g/mol. The van der Waals surface area contributed by atoms with Crippen LogP contribution in [0.25, 0.3) is 0 Å².